The summed E-state index contributed by atoms with van der Waals surface area (Å²) in [5, 5.41) is 3.76. The first-order valence-corrected chi connectivity index (χ1v) is 14.6. The summed E-state index contributed by atoms with van der Waals surface area (Å²) in [6.45, 7) is 20.2. The normalized spacial score (nSPS) is 13.2. The summed E-state index contributed by atoms with van der Waals surface area (Å²) in [4.78, 5) is 0. The number of hydrogen-bond donors (Lipinski definition) is 0. The van der Waals surface area contributed by atoms with Gasteiger partial charge in [0.25, 0.3) is 0 Å². The second kappa shape index (κ2) is 10.8. The van der Waals surface area contributed by atoms with Gasteiger partial charge in [0.2, 0.25) is 0 Å². The van der Waals surface area contributed by atoms with Crippen molar-refractivity contribution < 1.29 is 4.43 Å². The highest BCUT2D eigenvalue weighted by molar-refractivity contribution is 7.07. The second-order valence-corrected chi connectivity index (χ2v) is 15.2. The maximum absolute atomic E-state index is 7.65. The van der Waals surface area contributed by atoms with Crippen molar-refractivity contribution in [3.05, 3.63) is 114 Å². The molecule has 0 aromatic heterocycles. The van der Waals surface area contributed by atoms with Crippen molar-refractivity contribution in [1.82, 2.24) is 0 Å². The number of benzene rings is 3. The van der Waals surface area contributed by atoms with Gasteiger partial charge < -0.3 is 4.43 Å². The van der Waals surface area contributed by atoms with Crippen molar-refractivity contribution >= 4 is 23.9 Å². The molecule has 0 aliphatic carbocycles. The quantitative estimate of drug-likeness (QED) is 0.141. The molecule has 0 aliphatic heterocycles. The molecule has 0 spiro atoms. The molecule has 0 unspecified atom stereocenters. The van der Waals surface area contributed by atoms with E-state index in [1.165, 1.54) is 26.7 Å². The van der Waals surface area contributed by atoms with Gasteiger partial charge in [0, 0.05) is 5.41 Å². The van der Waals surface area contributed by atoms with Gasteiger partial charge in [-0.25, -0.2) is 0 Å². The average molecular weight is 483 g/mol. The van der Waals surface area contributed by atoms with E-state index in [9.17, 15) is 0 Å². The van der Waals surface area contributed by atoms with Crippen LogP contribution in [-0.4, -0.2) is 8.32 Å². The van der Waals surface area contributed by atoms with Gasteiger partial charge in [0.1, 0.15) is 0 Å². The van der Waals surface area contributed by atoms with Gasteiger partial charge in [-0.3, -0.25) is 0 Å². The van der Waals surface area contributed by atoms with E-state index < -0.39 is 8.32 Å². The molecule has 3 aromatic carbocycles. The lowest BCUT2D eigenvalue weighted by molar-refractivity contribution is 0.278. The molecule has 0 amide bonds. The van der Waals surface area contributed by atoms with E-state index in [0.717, 1.165) is 18.6 Å². The smallest absolute Gasteiger partial charge is 0.346 e. The molecular weight excluding hydrogens is 440 g/mol. The fourth-order valence-electron chi connectivity index (χ4n) is 4.83. The molecule has 2 heteroatoms. The van der Waals surface area contributed by atoms with Crippen LogP contribution >= 0.6 is 0 Å². The summed E-state index contributed by atoms with van der Waals surface area (Å²) in [6.07, 6.45) is 1.82. The van der Waals surface area contributed by atoms with Gasteiger partial charge in [-0.15, -0.1) is 0 Å². The lowest BCUT2D eigenvalue weighted by Gasteiger charge is -2.40. The van der Waals surface area contributed by atoms with Crippen molar-refractivity contribution in [1.29, 1.82) is 0 Å². The van der Waals surface area contributed by atoms with Crippen LogP contribution in [0.3, 0.4) is 0 Å². The molecule has 0 heterocycles. The zero-order chi connectivity index (χ0) is 25.7. The maximum atomic E-state index is 7.65. The number of allylic oxidation sites excluding steroid dienone is 3. The molecule has 184 valence electrons. The zero-order valence-corrected chi connectivity index (χ0v) is 23.7. The molecule has 0 N–H and O–H groups in total. The van der Waals surface area contributed by atoms with Crippen molar-refractivity contribution in [3.8, 4) is 0 Å². The van der Waals surface area contributed by atoms with Crippen LogP contribution in [0, 0.1) is 10.8 Å². The number of rotatable bonds is 8. The first-order chi connectivity index (χ1) is 16.4. The summed E-state index contributed by atoms with van der Waals surface area (Å²) in [7, 11) is -2.87. The van der Waals surface area contributed by atoms with Crippen LogP contribution in [0.25, 0.3) is 0 Å². The summed E-state index contributed by atoms with van der Waals surface area (Å²) >= 11 is 0. The third kappa shape index (κ3) is 6.64. The molecule has 0 atom stereocenters. The van der Waals surface area contributed by atoms with Crippen LogP contribution in [0.5, 0.6) is 0 Å². The van der Waals surface area contributed by atoms with Gasteiger partial charge >= 0.3 is 8.32 Å². The van der Waals surface area contributed by atoms with Gasteiger partial charge in [-0.2, -0.15) is 0 Å². The van der Waals surface area contributed by atoms with Crippen LogP contribution in [0.1, 0.15) is 61.3 Å². The van der Waals surface area contributed by atoms with Crippen molar-refractivity contribution in [2.45, 2.75) is 61.3 Å². The third-order valence-corrected chi connectivity index (χ3v) is 10.0. The van der Waals surface area contributed by atoms with Gasteiger partial charge in [0.15, 0.2) is 0 Å². The first kappa shape index (κ1) is 26.8. The van der Waals surface area contributed by atoms with Crippen LogP contribution in [0.15, 0.2) is 114 Å². The fraction of sp³-hybridized carbons (Fsp3) is 0.333. The first-order valence-electron chi connectivity index (χ1n) is 12.7. The highest BCUT2D eigenvalue weighted by Gasteiger charge is 2.46. The van der Waals surface area contributed by atoms with Crippen LogP contribution in [-0.2, 0) is 4.43 Å². The van der Waals surface area contributed by atoms with E-state index in [0.29, 0.717) is 0 Å². The van der Waals surface area contributed by atoms with Crippen molar-refractivity contribution in [2.24, 2.45) is 10.8 Å². The molecule has 0 aliphatic rings. The minimum Gasteiger partial charge on any atom is -0.533 e. The Bertz CT molecular complexity index is 1030. The Balaban J connectivity index is 2.41. The molecule has 0 saturated carbocycles. The minimum atomic E-state index is -2.87. The Labute approximate surface area is 214 Å². The monoisotopic (exact) mass is 482 g/mol. The summed E-state index contributed by atoms with van der Waals surface area (Å²) < 4.78 is 7.65. The lowest BCUT2D eigenvalue weighted by atomic mass is 9.81. The van der Waals surface area contributed by atoms with E-state index in [2.05, 4.69) is 146 Å². The summed E-state index contributed by atoms with van der Waals surface area (Å²) in [6, 6.07) is 32.5. The molecular formula is C33H42OSi. The van der Waals surface area contributed by atoms with Gasteiger partial charge in [-0.1, -0.05) is 145 Å². The topological polar surface area (TPSA) is 9.23 Å². The molecule has 0 radical (unpaired) electrons. The van der Waals surface area contributed by atoms with Crippen LogP contribution in [0.2, 0.25) is 0 Å². The predicted molar refractivity (Wildman–Crippen MR) is 155 cm³/mol. The molecule has 3 rings (SSSR count). The van der Waals surface area contributed by atoms with E-state index in [4.69, 9.17) is 4.43 Å². The highest BCUT2D eigenvalue weighted by atomic mass is 28.4. The van der Waals surface area contributed by atoms with E-state index >= 15 is 0 Å². The molecule has 0 fully saturated rings. The minimum absolute atomic E-state index is 0.140. The highest BCUT2D eigenvalue weighted by Crippen LogP contribution is 2.38. The Kier molecular flexibility index (Phi) is 8.28. The average Bonchev–Trinajstić information content (AvgIpc) is 2.79. The Morgan fingerprint density at radius 2 is 1.06 bits per heavy atom. The fourth-order valence-corrected chi connectivity index (χ4v) is 8.93. The second-order valence-electron chi connectivity index (χ2n) is 11.9. The Morgan fingerprint density at radius 1 is 0.686 bits per heavy atom. The molecule has 0 bridgehead atoms. The third-order valence-electron chi connectivity index (χ3n) is 6.06. The molecule has 0 saturated heterocycles. The maximum Gasteiger partial charge on any atom is 0.346 e. The SMILES string of the molecule is C=C(C)C/C(CC(C)(C)C)=C(\O[Si](c1ccccc1)(c1ccccc1)c1ccccc1)C(C)(C)C. The van der Waals surface area contributed by atoms with Gasteiger partial charge in [0.05, 0.1) is 5.76 Å². The molecule has 1 nitrogen and oxygen atoms in total. The van der Waals surface area contributed by atoms with Crippen LogP contribution < -0.4 is 15.6 Å². The van der Waals surface area contributed by atoms with Crippen molar-refractivity contribution in [3.63, 3.8) is 0 Å². The standard InChI is InChI=1S/C33H42OSi/c1-26(2)24-27(25-32(3,4)5)31(33(6,7)8)34-35(28-18-12-9-13-19-28,29-20-14-10-15-21-29)30-22-16-11-17-23-30/h9-23H,1,24-25H2,2-8H3/b31-27+. The van der Waals surface area contributed by atoms with Crippen LogP contribution in [0.4, 0.5) is 0 Å². The largest absolute Gasteiger partial charge is 0.533 e. The van der Waals surface area contributed by atoms with Crippen molar-refractivity contribution in [2.75, 3.05) is 0 Å². The summed E-state index contributed by atoms with van der Waals surface area (Å²) in [5.74, 6) is 1.11. The number of hydrogen-bond acceptors (Lipinski definition) is 1. The Morgan fingerprint density at radius 3 is 1.34 bits per heavy atom. The lowest BCUT2D eigenvalue weighted by Crippen LogP contribution is -2.69. The van der Waals surface area contributed by atoms with Gasteiger partial charge in [-0.05, 0) is 46.3 Å². The van der Waals surface area contributed by atoms with E-state index in [-0.39, 0.29) is 10.8 Å². The molecule has 3 aromatic rings. The zero-order valence-electron chi connectivity index (χ0n) is 22.7. The summed E-state index contributed by atoms with van der Waals surface area (Å²) in [5.41, 5.74) is 2.51. The Hall–Kier alpha value is -2.84. The van der Waals surface area contributed by atoms with E-state index in [1.807, 2.05) is 0 Å². The predicted octanol–water partition coefficient (Wildman–Crippen LogP) is 7.37. The van der Waals surface area contributed by atoms with E-state index in [1.54, 1.807) is 0 Å². The molecule has 35 heavy (non-hydrogen) atoms.